The summed E-state index contributed by atoms with van der Waals surface area (Å²) in [5, 5.41) is 3.16. The lowest BCUT2D eigenvalue weighted by Crippen LogP contribution is -2.26. The lowest BCUT2D eigenvalue weighted by atomic mass is 10.2. The van der Waals surface area contributed by atoms with Crippen LogP contribution in [0.2, 0.25) is 5.02 Å². The molecule has 0 spiro atoms. The van der Waals surface area contributed by atoms with Crippen molar-refractivity contribution in [3.05, 3.63) is 22.7 Å². The Hall–Kier alpha value is -1.46. The summed E-state index contributed by atoms with van der Waals surface area (Å²) in [7, 11) is 0. The zero-order valence-electron chi connectivity index (χ0n) is 12.6. The highest BCUT2D eigenvalue weighted by Crippen LogP contribution is 2.36. The first-order valence-electron chi connectivity index (χ1n) is 7.21. The minimum absolute atomic E-state index is 0.201. The molecule has 0 saturated carbocycles. The number of halogens is 1. The molecule has 0 bridgehead atoms. The van der Waals surface area contributed by atoms with Gasteiger partial charge in [0, 0.05) is 12.1 Å². The number of hydrogen-bond acceptors (Lipinski definition) is 4. The van der Waals surface area contributed by atoms with Gasteiger partial charge in [0.2, 0.25) is 0 Å². The molecule has 1 rings (SSSR count). The molecule has 5 nitrogen and oxygen atoms in total. The average Bonchev–Trinajstić information content (AvgIpc) is 2.46. The largest absolute Gasteiger partial charge is 0.490 e. The molecule has 0 aliphatic heterocycles. The van der Waals surface area contributed by atoms with Crippen LogP contribution in [0, 0.1) is 0 Å². The second kappa shape index (κ2) is 9.47. The van der Waals surface area contributed by atoms with Gasteiger partial charge in [-0.2, -0.15) is 0 Å². The second-order valence-corrected chi connectivity index (χ2v) is 4.87. The maximum atomic E-state index is 12.0. The summed E-state index contributed by atoms with van der Waals surface area (Å²) in [6, 6.07) is 3.24. The molecule has 21 heavy (non-hydrogen) atoms. The van der Waals surface area contributed by atoms with Gasteiger partial charge in [-0.3, -0.25) is 4.79 Å². The van der Waals surface area contributed by atoms with Crippen LogP contribution < -0.4 is 20.5 Å². The number of amides is 1. The van der Waals surface area contributed by atoms with Crippen LogP contribution in [0.4, 0.5) is 0 Å². The molecule has 0 aliphatic carbocycles. The summed E-state index contributed by atoms with van der Waals surface area (Å²) in [4.78, 5) is 12.0. The van der Waals surface area contributed by atoms with E-state index >= 15 is 0 Å². The quantitative estimate of drug-likeness (QED) is 0.687. The van der Waals surface area contributed by atoms with E-state index in [1.165, 1.54) is 0 Å². The van der Waals surface area contributed by atoms with Gasteiger partial charge >= 0.3 is 0 Å². The van der Waals surface area contributed by atoms with Crippen molar-refractivity contribution in [3.8, 4) is 11.5 Å². The SMILES string of the molecule is CCCOc1c(Cl)cc(C(=O)NCCCN)cc1OCC. The van der Waals surface area contributed by atoms with Crippen molar-refractivity contribution in [1.29, 1.82) is 0 Å². The van der Waals surface area contributed by atoms with Crippen LogP contribution in [0.1, 0.15) is 37.0 Å². The highest BCUT2D eigenvalue weighted by molar-refractivity contribution is 6.32. The van der Waals surface area contributed by atoms with Crippen LogP contribution in [0.3, 0.4) is 0 Å². The highest BCUT2D eigenvalue weighted by Gasteiger charge is 2.16. The van der Waals surface area contributed by atoms with Crippen LogP contribution in [0.15, 0.2) is 12.1 Å². The van der Waals surface area contributed by atoms with Crippen LogP contribution >= 0.6 is 11.6 Å². The topological polar surface area (TPSA) is 73.6 Å². The Kier molecular flexibility index (Phi) is 7.93. The van der Waals surface area contributed by atoms with Crippen LogP contribution in [0.25, 0.3) is 0 Å². The Morgan fingerprint density at radius 1 is 1.33 bits per heavy atom. The van der Waals surface area contributed by atoms with Gasteiger partial charge in [0.05, 0.1) is 18.2 Å². The predicted octanol–water partition coefficient (Wildman–Crippen LogP) is 2.61. The standard InChI is InChI=1S/C15H23ClN2O3/c1-3-8-21-14-12(16)9-11(10-13(14)20-4-2)15(19)18-7-5-6-17/h9-10H,3-8,17H2,1-2H3,(H,18,19). The highest BCUT2D eigenvalue weighted by atomic mass is 35.5. The Bertz CT molecular complexity index is 466. The van der Waals surface area contributed by atoms with Crippen LogP contribution in [-0.4, -0.2) is 32.2 Å². The molecule has 0 aromatic heterocycles. The number of nitrogens with two attached hydrogens (primary N) is 1. The average molecular weight is 315 g/mol. The Morgan fingerprint density at radius 2 is 2.10 bits per heavy atom. The third-order valence-electron chi connectivity index (χ3n) is 2.69. The van der Waals surface area contributed by atoms with Crippen molar-refractivity contribution in [2.45, 2.75) is 26.7 Å². The summed E-state index contributed by atoms with van der Waals surface area (Å²) in [5.74, 6) is 0.773. The molecule has 0 unspecified atom stereocenters. The lowest BCUT2D eigenvalue weighted by molar-refractivity contribution is 0.0953. The summed E-state index contributed by atoms with van der Waals surface area (Å²) in [5.41, 5.74) is 5.85. The van der Waals surface area contributed by atoms with Crippen molar-refractivity contribution in [3.63, 3.8) is 0 Å². The molecule has 3 N–H and O–H groups in total. The van der Waals surface area contributed by atoms with Crippen LogP contribution in [-0.2, 0) is 0 Å². The molecule has 0 fully saturated rings. The second-order valence-electron chi connectivity index (χ2n) is 4.46. The lowest BCUT2D eigenvalue weighted by Gasteiger charge is -2.15. The van der Waals surface area contributed by atoms with E-state index in [0.29, 0.717) is 48.4 Å². The first kappa shape index (κ1) is 17.6. The molecule has 0 heterocycles. The number of rotatable bonds is 9. The summed E-state index contributed by atoms with van der Waals surface area (Å²) >= 11 is 6.21. The number of benzene rings is 1. The van der Waals surface area contributed by atoms with Crippen molar-refractivity contribution in [2.24, 2.45) is 5.73 Å². The van der Waals surface area contributed by atoms with Gasteiger partial charge in [0.1, 0.15) is 0 Å². The molecular weight excluding hydrogens is 292 g/mol. The van der Waals surface area contributed by atoms with Gasteiger partial charge < -0.3 is 20.5 Å². The minimum atomic E-state index is -0.201. The first-order valence-corrected chi connectivity index (χ1v) is 7.59. The fraction of sp³-hybridized carbons (Fsp3) is 0.533. The van der Waals surface area contributed by atoms with E-state index in [-0.39, 0.29) is 5.91 Å². The van der Waals surface area contributed by atoms with Crippen molar-refractivity contribution >= 4 is 17.5 Å². The smallest absolute Gasteiger partial charge is 0.251 e. The van der Waals surface area contributed by atoms with E-state index in [9.17, 15) is 4.79 Å². The van der Waals surface area contributed by atoms with Gasteiger partial charge in [-0.15, -0.1) is 0 Å². The zero-order chi connectivity index (χ0) is 15.7. The molecule has 0 aliphatic rings. The minimum Gasteiger partial charge on any atom is -0.490 e. The summed E-state index contributed by atoms with van der Waals surface area (Å²) < 4.78 is 11.1. The molecule has 1 amide bonds. The van der Waals surface area contributed by atoms with Gasteiger partial charge in [0.25, 0.3) is 5.91 Å². The van der Waals surface area contributed by atoms with E-state index in [1.807, 2.05) is 13.8 Å². The van der Waals surface area contributed by atoms with Crippen LogP contribution in [0.5, 0.6) is 11.5 Å². The number of nitrogens with one attached hydrogen (secondary N) is 1. The maximum absolute atomic E-state index is 12.0. The molecule has 6 heteroatoms. The molecule has 0 saturated heterocycles. The number of ether oxygens (including phenoxy) is 2. The van der Waals surface area contributed by atoms with Crippen molar-refractivity contribution in [1.82, 2.24) is 5.32 Å². The van der Waals surface area contributed by atoms with Crippen molar-refractivity contribution < 1.29 is 14.3 Å². The molecule has 1 aromatic rings. The Labute approximate surface area is 130 Å². The Balaban J connectivity index is 2.94. The van der Waals surface area contributed by atoms with E-state index < -0.39 is 0 Å². The maximum Gasteiger partial charge on any atom is 0.251 e. The summed E-state index contributed by atoms with van der Waals surface area (Å²) in [6.07, 6.45) is 1.60. The molecule has 1 aromatic carbocycles. The van der Waals surface area contributed by atoms with Gasteiger partial charge in [-0.25, -0.2) is 0 Å². The molecule has 0 atom stereocenters. The fourth-order valence-corrected chi connectivity index (χ4v) is 1.98. The van der Waals surface area contributed by atoms with Gasteiger partial charge in [-0.05, 0) is 38.4 Å². The normalized spacial score (nSPS) is 10.3. The first-order chi connectivity index (χ1) is 10.1. The number of hydrogen-bond donors (Lipinski definition) is 2. The predicted molar refractivity (Wildman–Crippen MR) is 84.4 cm³/mol. The van der Waals surface area contributed by atoms with Crippen molar-refractivity contribution in [2.75, 3.05) is 26.3 Å². The molecule has 0 radical (unpaired) electrons. The van der Waals surface area contributed by atoms with E-state index in [4.69, 9.17) is 26.8 Å². The van der Waals surface area contributed by atoms with Gasteiger partial charge in [0.15, 0.2) is 11.5 Å². The third kappa shape index (κ3) is 5.44. The fourth-order valence-electron chi connectivity index (χ4n) is 1.71. The number of carbonyl (C=O) groups excluding carboxylic acids is 1. The van der Waals surface area contributed by atoms with E-state index in [2.05, 4.69) is 5.32 Å². The van der Waals surface area contributed by atoms with E-state index in [0.717, 1.165) is 12.8 Å². The zero-order valence-corrected chi connectivity index (χ0v) is 13.3. The molecule has 118 valence electrons. The third-order valence-corrected chi connectivity index (χ3v) is 2.97. The van der Waals surface area contributed by atoms with E-state index in [1.54, 1.807) is 12.1 Å². The van der Waals surface area contributed by atoms with Gasteiger partial charge in [-0.1, -0.05) is 18.5 Å². The summed E-state index contributed by atoms with van der Waals surface area (Å²) in [6.45, 7) is 5.96. The molecular formula is C15H23ClN2O3. The number of carbonyl (C=O) groups is 1. The Morgan fingerprint density at radius 3 is 2.71 bits per heavy atom. The monoisotopic (exact) mass is 314 g/mol.